The smallest absolute Gasteiger partial charge is 0.141 e. The van der Waals surface area contributed by atoms with Crippen LogP contribution in [0, 0.1) is 18.8 Å². The van der Waals surface area contributed by atoms with Crippen LogP contribution in [0.5, 0.6) is 0 Å². The summed E-state index contributed by atoms with van der Waals surface area (Å²) in [7, 11) is 0. The van der Waals surface area contributed by atoms with Crippen molar-refractivity contribution in [3.8, 4) is 0 Å². The predicted octanol–water partition coefficient (Wildman–Crippen LogP) is 2.64. The van der Waals surface area contributed by atoms with Gasteiger partial charge in [0, 0.05) is 0 Å². The van der Waals surface area contributed by atoms with Gasteiger partial charge in [0.15, 0.2) is 0 Å². The minimum Gasteiger partial charge on any atom is -0.383 e. The standard InChI is InChI=1S/C10H16ClN3/c1-5-4-8(6(5)2)14-10(12)9(11)7(3)13-14/h5-6,8H,4,12H2,1-3H3. The van der Waals surface area contributed by atoms with E-state index in [9.17, 15) is 0 Å². The van der Waals surface area contributed by atoms with Gasteiger partial charge in [0.1, 0.15) is 10.8 Å². The summed E-state index contributed by atoms with van der Waals surface area (Å²) in [5.41, 5.74) is 6.72. The zero-order chi connectivity index (χ0) is 10.5. The molecule has 1 fully saturated rings. The summed E-state index contributed by atoms with van der Waals surface area (Å²) >= 11 is 6.00. The summed E-state index contributed by atoms with van der Waals surface area (Å²) in [6.07, 6.45) is 1.16. The molecule has 3 nitrogen and oxygen atoms in total. The molecule has 1 aliphatic rings. The van der Waals surface area contributed by atoms with Gasteiger partial charge in [0.05, 0.1) is 11.7 Å². The molecular weight excluding hydrogens is 198 g/mol. The lowest BCUT2D eigenvalue weighted by atomic mass is 9.71. The Morgan fingerprint density at radius 3 is 2.50 bits per heavy atom. The number of rotatable bonds is 1. The summed E-state index contributed by atoms with van der Waals surface area (Å²) in [6, 6.07) is 0.441. The van der Waals surface area contributed by atoms with Gasteiger partial charge in [-0.25, -0.2) is 4.68 Å². The van der Waals surface area contributed by atoms with Crippen LogP contribution >= 0.6 is 11.6 Å². The van der Waals surface area contributed by atoms with Gasteiger partial charge in [-0.3, -0.25) is 0 Å². The number of nitrogens with zero attached hydrogens (tertiary/aromatic N) is 2. The van der Waals surface area contributed by atoms with Crippen molar-refractivity contribution in [1.82, 2.24) is 9.78 Å². The van der Waals surface area contributed by atoms with Crippen LogP contribution in [0.25, 0.3) is 0 Å². The molecule has 2 N–H and O–H groups in total. The van der Waals surface area contributed by atoms with Gasteiger partial charge in [-0.2, -0.15) is 5.10 Å². The summed E-state index contributed by atoms with van der Waals surface area (Å²) in [4.78, 5) is 0. The molecule has 1 aromatic rings. The monoisotopic (exact) mass is 213 g/mol. The molecule has 78 valence electrons. The largest absolute Gasteiger partial charge is 0.383 e. The fraction of sp³-hybridized carbons (Fsp3) is 0.700. The molecule has 1 aliphatic carbocycles. The van der Waals surface area contributed by atoms with Crippen LogP contribution in [0.3, 0.4) is 0 Å². The molecule has 1 aromatic heterocycles. The zero-order valence-electron chi connectivity index (χ0n) is 8.79. The van der Waals surface area contributed by atoms with E-state index in [1.165, 1.54) is 0 Å². The Hall–Kier alpha value is -0.700. The molecule has 0 amide bonds. The Bertz CT molecular complexity index is 358. The highest BCUT2D eigenvalue weighted by Crippen LogP contribution is 2.45. The summed E-state index contributed by atoms with van der Waals surface area (Å²) < 4.78 is 1.89. The highest BCUT2D eigenvalue weighted by Gasteiger charge is 2.37. The van der Waals surface area contributed by atoms with E-state index in [-0.39, 0.29) is 0 Å². The fourth-order valence-electron chi connectivity index (χ4n) is 2.11. The van der Waals surface area contributed by atoms with Gasteiger partial charge >= 0.3 is 0 Å². The number of nitrogen functional groups attached to an aromatic ring is 1. The van der Waals surface area contributed by atoms with Crippen LogP contribution in [0.1, 0.15) is 32.0 Å². The van der Waals surface area contributed by atoms with Crippen molar-refractivity contribution in [2.45, 2.75) is 33.2 Å². The van der Waals surface area contributed by atoms with E-state index in [0.717, 1.165) is 18.0 Å². The van der Waals surface area contributed by atoms with Crippen LogP contribution in [-0.2, 0) is 0 Å². The van der Waals surface area contributed by atoms with Crippen molar-refractivity contribution < 1.29 is 0 Å². The van der Waals surface area contributed by atoms with Crippen molar-refractivity contribution in [2.75, 3.05) is 5.73 Å². The van der Waals surface area contributed by atoms with Crippen LogP contribution in [0.15, 0.2) is 0 Å². The molecule has 0 saturated heterocycles. The normalized spacial score (nSPS) is 31.6. The third-order valence-electron chi connectivity index (χ3n) is 3.48. The number of hydrogen-bond donors (Lipinski definition) is 1. The number of anilines is 1. The Morgan fingerprint density at radius 2 is 2.14 bits per heavy atom. The highest BCUT2D eigenvalue weighted by molar-refractivity contribution is 6.33. The van der Waals surface area contributed by atoms with Crippen molar-refractivity contribution >= 4 is 17.4 Å². The van der Waals surface area contributed by atoms with E-state index in [0.29, 0.717) is 22.8 Å². The molecular formula is C10H16ClN3. The Labute approximate surface area is 89.2 Å². The summed E-state index contributed by atoms with van der Waals surface area (Å²) in [5, 5.41) is 4.98. The molecule has 14 heavy (non-hydrogen) atoms. The molecule has 0 bridgehead atoms. The van der Waals surface area contributed by atoms with Crippen LogP contribution < -0.4 is 5.73 Å². The second-order valence-corrected chi connectivity index (χ2v) is 4.75. The maximum atomic E-state index is 6.00. The second kappa shape index (κ2) is 3.16. The van der Waals surface area contributed by atoms with Crippen LogP contribution in [0.4, 0.5) is 5.82 Å². The molecule has 1 saturated carbocycles. The van der Waals surface area contributed by atoms with E-state index in [1.807, 2.05) is 11.6 Å². The van der Waals surface area contributed by atoms with E-state index < -0.39 is 0 Å². The summed E-state index contributed by atoms with van der Waals surface area (Å²) in [5.74, 6) is 2.03. The third-order valence-corrected chi connectivity index (χ3v) is 3.95. The molecule has 3 unspecified atom stereocenters. The van der Waals surface area contributed by atoms with Crippen molar-refractivity contribution in [3.05, 3.63) is 10.7 Å². The quantitative estimate of drug-likeness (QED) is 0.780. The first-order valence-electron chi connectivity index (χ1n) is 5.02. The lowest BCUT2D eigenvalue weighted by Gasteiger charge is -2.41. The van der Waals surface area contributed by atoms with Gasteiger partial charge < -0.3 is 5.73 Å². The van der Waals surface area contributed by atoms with Crippen molar-refractivity contribution in [1.29, 1.82) is 0 Å². The number of aromatic nitrogens is 2. The molecule has 0 aliphatic heterocycles. The predicted molar refractivity (Wildman–Crippen MR) is 58.4 cm³/mol. The van der Waals surface area contributed by atoms with E-state index in [4.69, 9.17) is 17.3 Å². The second-order valence-electron chi connectivity index (χ2n) is 4.37. The average Bonchev–Trinajstić information content (AvgIpc) is 2.41. The number of aryl methyl sites for hydroxylation is 1. The van der Waals surface area contributed by atoms with Crippen molar-refractivity contribution in [2.24, 2.45) is 11.8 Å². The maximum absolute atomic E-state index is 6.00. The van der Waals surface area contributed by atoms with Crippen LogP contribution in [0.2, 0.25) is 5.02 Å². The van der Waals surface area contributed by atoms with E-state index in [2.05, 4.69) is 18.9 Å². The SMILES string of the molecule is Cc1nn(C2CC(C)C2C)c(N)c1Cl. The maximum Gasteiger partial charge on any atom is 0.141 e. The zero-order valence-corrected chi connectivity index (χ0v) is 9.54. The lowest BCUT2D eigenvalue weighted by molar-refractivity contribution is 0.102. The lowest BCUT2D eigenvalue weighted by Crippen LogP contribution is -2.35. The van der Waals surface area contributed by atoms with Gasteiger partial charge in [-0.05, 0) is 25.2 Å². The van der Waals surface area contributed by atoms with Crippen LogP contribution in [-0.4, -0.2) is 9.78 Å². The number of hydrogen-bond acceptors (Lipinski definition) is 2. The minimum absolute atomic E-state index is 0.441. The molecule has 2 rings (SSSR count). The first kappa shape index (κ1) is 9.84. The first-order chi connectivity index (χ1) is 6.52. The first-order valence-corrected chi connectivity index (χ1v) is 5.40. The molecule has 3 atom stereocenters. The van der Waals surface area contributed by atoms with E-state index in [1.54, 1.807) is 0 Å². The number of nitrogens with two attached hydrogens (primary N) is 1. The van der Waals surface area contributed by atoms with Gasteiger partial charge in [-0.15, -0.1) is 0 Å². The van der Waals surface area contributed by atoms with Crippen molar-refractivity contribution in [3.63, 3.8) is 0 Å². The van der Waals surface area contributed by atoms with Gasteiger partial charge in [0.25, 0.3) is 0 Å². The molecule has 0 spiro atoms. The third kappa shape index (κ3) is 1.22. The Balaban J connectivity index is 2.30. The molecule has 0 aromatic carbocycles. The highest BCUT2D eigenvalue weighted by atomic mass is 35.5. The van der Waals surface area contributed by atoms with Gasteiger partial charge in [0.2, 0.25) is 0 Å². The Morgan fingerprint density at radius 1 is 1.50 bits per heavy atom. The molecule has 4 heteroatoms. The number of halogens is 1. The fourth-order valence-corrected chi connectivity index (χ4v) is 2.24. The molecule has 1 heterocycles. The topological polar surface area (TPSA) is 43.8 Å². The van der Waals surface area contributed by atoms with Gasteiger partial charge in [-0.1, -0.05) is 25.4 Å². The van der Waals surface area contributed by atoms with E-state index >= 15 is 0 Å². The minimum atomic E-state index is 0.441. The summed E-state index contributed by atoms with van der Waals surface area (Å²) in [6.45, 7) is 6.39. The molecule has 0 radical (unpaired) electrons. The Kier molecular flexibility index (Phi) is 2.22. The average molecular weight is 214 g/mol.